The molecule has 0 saturated heterocycles. The van der Waals surface area contributed by atoms with Crippen LogP contribution in [0.3, 0.4) is 0 Å². The highest BCUT2D eigenvalue weighted by Gasteiger charge is 2.14. The van der Waals surface area contributed by atoms with Gasteiger partial charge in [0.05, 0.1) is 6.42 Å². The zero-order valence-corrected chi connectivity index (χ0v) is 11.8. The Morgan fingerprint density at radius 2 is 1.41 bits per heavy atom. The van der Waals surface area contributed by atoms with Gasteiger partial charge in [-0.1, -0.05) is 30.3 Å². The summed E-state index contributed by atoms with van der Waals surface area (Å²) in [4.78, 5) is 19.6. The number of hydrogen-bond donors (Lipinski definition) is 1. The average molecular weight is 290 g/mol. The number of carbonyl (C=O) groups is 1. The molecule has 108 valence electrons. The molecule has 3 aromatic rings. The summed E-state index contributed by atoms with van der Waals surface area (Å²) in [5.41, 5.74) is 4.36. The van der Waals surface area contributed by atoms with Crippen molar-refractivity contribution in [3.63, 3.8) is 0 Å². The van der Waals surface area contributed by atoms with Gasteiger partial charge in [0, 0.05) is 35.9 Å². The van der Waals surface area contributed by atoms with E-state index in [1.807, 2.05) is 42.5 Å². The van der Waals surface area contributed by atoms with Crippen LogP contribution >= 0.6 is 0 Å². The lowest BCUT2D eigenvalue weighted by molar-refractivity contribution is -0.136. The quantitative estimate of drug-likeness (QED) is 0.799. The summed E-state index contributed by atoms with van der Waals surface area (Å²) in [6, 6.07) is 13.3. The van der Waals surface area contributed by atoms with E-state index in [9.17, 15) is 9.90 Å². The van der Waals surface area contributed by atoms with Crippen molar-refractivity contribution in [1.29, 1.82) is 0 Å². The molecule has 2 aromatic heterocycles. The summed E-state index contributed by atoms with van der Waals surface area (Å²) in [5.74, 6) is -0.860. The Balaban J connectivity index is 2.21. The first kappa shape index (κ1) is 13.9. The molecule has 0 spiro atoms. The van der Waals surface area contributed by atoms with E-state index in [1.54, 1.807) is 24.8 Å². The van der Waals surface area contributed by atoms with E-state index in [0.29, 0.717) is 0 Å². The molecule has 0 amide bonds. The lowest BCUT2D eigenvalue weighted by Crippen LogP contribution is -2.04. The van der Waals surface area contributed by atoms with E-state index in [1.165, 1.54) is 0 Å². The number of rotatable bonds is 4. The molecule has 4 nitrogen and oxygen atoms in total. The van der Waals surface area contributed by atoms with Gasteiger partial charge in [0.2, 0.25) is 0 Å². The molecular formula is C18H14N2O2. The fourth-order valence-electron chi connectivity index (χ4n) is 2.51. The number of pyridine rings is 2. The summed E-state index contributed by atoms with van der Waals surface area (Å²) in [6.07, 6.45) is 6.84. The predicted molar refractivity (Wildman–Crippen MR) is 84.2 cm³/mol. The molecule has 22 heavy (non-hydrogen) atoms. The fraction of sp³-hybridized carbons (Fsp3) is 0.0556. The smallest absolute Gasteiger partial charge is 0.307 e. The maximum atomic E-state index is 11.3. The molecule has 0 saturated carbocycles. The van der Waals surface area contributed by atoms with Gasteiger partial charge in [0.1, 0.15) is 0 Å². The highest BCUT2D eigenvalue weighted by molar-refractivity contribution is 5.84. The first-order chi connectivity index (χ1) is 10.8. The Bertz CT molecular complexity index is 729. The van der Waals surface area contributed by atoms with Crippen LogP contribution in [0.15, 0.2) is 67.3 Å². The van der Waals surface area contributed by atoms with Crippen LogP contribution in [0.2, 0.25) is 0 Å². The van der Waals surface area contributed by atoms with E-state index in [0.717, 1.165) is 27.8 Å². The minimum Gasteiger partial charge on any atom is -0.481 e. The van der Waals surface area contributed by atoms with E-state index in [2.05, 4.69) is 9.97 Å². The molecule has 0 aliphatic heterocycles. The standard InChI is InChI=1S/C18H14N2O2/c21-18(22)10-17-15(13-4-2-8-19-11-13)6-1-7-16(17)14-5-3-9-20-12-14/h1-9,11-12H,10H2,(H,21,22). The molecule has 0 atom stereocenters. The molecule has 3 rings (SSSR count). The average Bonchev–Trinajstić information content (AvgIpc) is 2.56. The molecule has 0 radical (unpaired) electrons. The van der Waals surface area contributed by atoms with Gasteiger partial charge in [-0.15, -0.1) is 0 Å². The van der Waals surface area contributed by atoms with Crippen LogP contribution in [-0.4, -0.2) is 21.0 Å². The Morgan fingerprint density at radius 3 is 1.82 bits per heavy atom. The van der Waals surface area contributed by atoms with Crippen LogP contribution in [0.25, 0.3) is 22.3 Å². The fourth-order valence-corrected chi connectivity index (χ4v) is 2.51. The molecule has 1 N–H and O–H groups in total. The lowest BCUT2D eigenvalue weighted by Gasteiger charge is -2.13. The highest BCUT2D eigenvalue weighted by atomic mass is 16.4. The van der Waals surface area contributed by atoms with Crippen molar-refractivity contribution in [2.75, 3.05) is 0 Å². The Morgan fingerprint density at radius 1 is 0.864 bits per heavy atom. The van der Waals surface area contributed by atoms with Crippen molar-refractivity contribution in [3.8, 4) is 22.3 Å². The van der Waals surface area contributed by atoms with Crippen molar-refractivity contribution in [1.82, 2.24) is 9.97 Å². The number of carboxylic acids is 1. The predicted octanol–water partition coefficient (Wildman–Crippen LogP) is 3.44. The minimum atomic E-state index is -0.860. The number of carboxylic acid groups (broad SMARTS) is 1. The first-order valence-corrected chi connectivity index (χ1v) is 6.90. The van der Waals surface area contributed by atoms with Gasteiger partial charge in [-0.3, -0.25) is 14.8 Å². The topological polar surface area (TPSA) is 63.1 Å². The molecule has 2 heterocycles. The second-order valence-corrected chi connectivity index (χ2v) is 4.89. The van der Waals surface area contributed by atoms with E-state index in [4.69, 9.17) is 0 Å². The summed E-state index contributed by atoms with van der Waals surface area (Å²) in [6.45, 7) is 0. The van der Waals surface area contributed by atoms with Gasteiger partial charge in [-0.2, -0.15) is 0 Å². The molecule has 0 fully saturated rings. The van der Waals surface area contributed by atoms with Crippen molar-refractivity contribution in [2.45, 2.75) is 6.42 Å². The van der Waals surface area contributed by atoms with Gasteiger partial charge >= 0.3 is 5.97 Å². The van der Waals surface area contributed by atoms with E-state index in [-0.39, 0.29) is 6.42 Å². The monoisotopic (exact) mass is 290 g/mol. The zero-order valence-electron chi connectivity index (χ0n) is 11.8. The van der Waals surface area contributed by atoms with Crippen LogP contribution in [0, 0.1) is 0 Å². The summed E-state index contributed by atoms with van der Waals surface area (Å²) in [7, 11) is 0. The van der Waals surface area contributed by atoms with Crippen LogP contribution in [-0.2, 0) is 11.2 Å². The lowest BCUT2D eigenvalue weighted by atomic mass is 9.91. The molecule has 0 aliphatic carbocycles. The van der Waals surface area contributed by atoms with Gasteiger partial charge in [0.15, 0.2) is 0 Å². The van der Waals surface area contributed by atoms with Gasteiger partial charge < -0.3 is 5.11 Å². The van der Waals surface area contributed by atoms with Crippen molar-refractivity contribution in [2.24, 2.45) is 0 Å². The summed E-state index contributed by atoms with van der Waals surface area (Å²) >= 11 is 0. The second-order valence-electron chi connectivity index (χ2n) is 4.89. The van der Waals surface area contributed by atoms with E-state index < -0.39 is 5.97 Å². The Hall–Kier alpha value is -3.01. The Kier molecular flexibility index (Phi) is 3.92. The third kappa shape index (κ3) is 2.86. The highest BCUT2D eigenvalue weighted by Crippen LogP contribution is 2.32. The maximum absolute atomic E-state index is 11.3. The number of hydrogen-bond acceptors (Lipinski definition) is 3. The van der Waals surface area contributed by atoms with Crippen molar-refractivity contribution in [3.05, 3.63) is 72.8 Å². The Labute approximate surface area is 128 Å². The van der Waals surface area contributed by atoms with Gasteiger partial charge in [-0.25, -0.2) is 0 Å². The number of aromatic nitrogens is 2. The number of nitrogens with zero attached hydrogens (tertiary/aromatic N) is 2. The number of benzene rings is 1. The SMILES string of the molecule is O=C(O)Cc1c(-c2cccnc2)cccc1-c1cccnc1. The molecule has 0 unspecified atom stereocenters. The third-order valence-electron chi connectivity index (χ3n) is 3.45. The first-order valence-electron chi connectivity index (χ1n) is 6.90. The largest absolute Gasteiger partial charge is 0.481 e. The number of aliphatic carboxylic acids is 1. The third-order valence-corrected chi connectivity index (χ3v) is 3.45. The second kappa shape index (κ2) is 6.18. The van der Waals surface area contributed by atoms with E-state index >= 15 is 0 Å². The van der Waals surface area contributed by atoms with Crippen LogP contribution in [0.1, 0.15) is 5.56 Å². The van der Waals surface area contributed by atoms with Crippen LogP contribution in [0.5, 0.6) is 0 Å². The van der Waals surface area contributed by atoms with Crippen molar-refractivity contribution >= 4 is 5.97 Å². The normalized spacial score (nSPS) is 10.4. The zero-order chi connectivity index (χ0) is 15.4. The molecule has 1 aromatic carbocycles. The molecule has 0 bridgehead atoms. The van der Waals surface area contributed by atoms with Crippen LogP contribution < -0.4 is 0 Å². The summed E-state index contributed by atoms with van der Waals surface area (Å²) in [5, 5.41) is 9.28. The summed E-state index contributed by atoms with van der Waals surface area (Å²) < 4.78 is 0. The molecular weight excluding hydrogens is 276 g/mol. The molecule has 0 aliphatic rings. The van der Waals surface area contributed by atoms with Gasteiger partial charge in [0.25, 0.3) is 0 Å². The maximum Gasteiger partial charge on any atom is 0.307 e. The van der Waals surface area contributed by atoms with Gasteiger partial charge in [-0.05, 0) is 28.8 Å². The molecule has 4 heteroatoms. The van der Waals surface area contributed by atoms with Crippen molar-refractivity contribution < 1.29 is 9.90 Å². The minimum absolute atomic E-state index is 0.0463. The van der Waals surface area contributed by atoms with Crippen LogP contribution in [0.4, 0.5) is 0 Å².